The molecule has 0 aliphatic carbocycles. The molecule has 0 aromatic heterocycles. The monoisotopic (exact) mass is 728 g/mol. The van der Waals surface area contributed by atoms with Gasteiger partial charge in [-0.25, -0.2) is 9.69 Å². The van der Waals surface area contributed by atoms with Gasteiger partial charge in [0.05, 0.1) is 12.8 Å². The highest BCUT2D eigenvalue weighted by Gasteiger charge is 2.37. The number of barbiturate groups is 1. The van der Waals surface area contributed by atoms with Crippen LogP contribution in [0, 0.1) is 21.0 Å². The molecule has 6 nitrogen and oxygen atoms in total. The average molecular weight is 728 g/mol. The minimum atomic E-state index is -0.761. The highest BCUT2D eigenvalue weighted by atomic mass is 127. The Balaban J connectivity index is 1.43. The van der Waals surface area contributed by atoms with Crippen LogP contribution in [-0.2, 0) is 16.2 Å². The second-order valence-electron chi connectivity index (χ2n) is 9.04. The largest absolute Gasteiger partial charge is 0.487 e. The third-order valence-electron chi connectivity index (χ3n) is 6.15. The van der Waals surface area contributed by atoms with Gasteiger partial charge in [0.15, 0.2) is 0 Å². The molecule has 1 aliphatic heterocycles. The van der Waals surface area contributed by atoms with Gasteiger partial charge in [0.2, 0.25) is 0 Å². The first-order valence-electron chi connectivity index (χ1n) is 11.8. The van der Waals surface area contributed by atoms with Crippen LogP contribution in [0.25, 0.3) is 16.8 Å². The van der Waals surface area contributed by atoms with Gasteiger partial charge in [-0.05, 0) is 122 Å². The molecule has 190 valence electrons. The van der Waals surface area contributed by atoms with Crippen LogP contribution >= 0.6 is 45.2 Å². The summed E-state index contributed by atoms with van der Waals surface area (Å²) >= 11 is 4.38. The number of rotatable bonds is 5. The van der Waals surface area contributed by atoms with Gasteiger partial charge in [0.25, 0.3) is 11.8 Å². The Labute approximate surface area is 247 Å². The van der Waals surface area contributed by atoms with Gasteiger partial charge in [-0.3, -0.25) is 14.9 Å². The number of hydrogen-bond acceptors (Lipinski definition) is 4. The molecular weight excluding hydrogens is 706 g/mol. The van der Waals surface area contributed by atoms with Crippen molar-refractivity contribution in [1.29, 1.82) is 0 Å². The highest BCUT2D eigenvalue weighted by molar-refractivity contribution is 14.1. The molecule has 1 fully saturated rings. The van der Waals surface area contributed by atoms with E-state index in [1.807, 2.05) is 50.2 Å². The zero-order valence-corrected chi connectivity index (χ0v) is 24.9. The van der Waals surface area contributed by atoms with Crippen molar-refractivity contribution in [3.05, 3.63) is 108 Å². The fourth-order valence-electron chi connectivity index (χ4n) is 4.51. The van der Waals surface area contributed by atoms with E-state index in [4.69, 9.17) is 4.74 Å². The summed E-state index contributed by atoms with van der Waals surface area (Å²) in [4.78, 5) is 39.6. The van der Waals surface area contributed by atoms with Crippen LogP contribution in [0.15, 0.2) is 78.4 Å². The van der Waals surface area contributed by atoms with Gasteiger partial charge < -0.3 is 4.74 Å². The van der Waals surface area contributed by atoms with Crippen molar-refractivity contribution in [1.82, 2.24) is 5.32 Å². The normalized spacial score (nSPS) is 14.8. The van der Waals surface area contributed by atoms with Crippen molar-refractivity contribution in [3.8, 4) is 5.75 Å². The van der Waals surface area contributed by atoms with Crippen molar-refractivity contribution < 1.29 is 19.1 Å². The molecule has 0 spiro atoms. The van der Waals surface area contributed by atoms with E-state index in [2.05, 4.69) is 74.8 Å². The number of amides is 4. The number of aryl methyl sites for hydroxylation is 2. The van der Waals surface area contributed by atoms with Crippen molar-refractivity contribution in [3.63, 3.8) is 0 Å². The summed E-state index contributed by atoms with van der Waals surface area (Å²) in [6.45, 7) is 4.18. The van der Waals surface area contributed by atoms with Crippen molar-refractivity contribution in [2.24, 2.45) is 0 Å². The summed E-state index contributed by atoms with van der Waals surface area (Å²) in [6.07, 6.45) is 1.51. The number of carbonyl (C=O) groups excluding carboxylic acids is 3. The Bertz CT molecular complexity index is 1610. The molecular formula is C30H22I2N2O4. The number of nitrogens with one attached hydrogen (secondary N) is 1. The maximum atomic E-state index is 13.3. The standard InChI is InChI=1S/C30H22I2N2O4/c1-17-10-18(2)12-22(11-17)34-29(36)24(28(35)33-30(34)37)13-19-14-25(31)27(26(32)15-19)38-16-21-8-5-7-20-6-3-4-9-23(20)21/h3-15H,16H2,1-2H3,(H,33,35,37)/b24-13+. The summed E-state index contributed by atoms with van der Waals surface area (Å²) in [6, 6.07) is 22.7. The molecule has 4 aromatic rings. The van der Waals surface area contributed by atoms with Gasteiger partial charge >= 0.3 is 6.03 Å². The van der Waals surface area contributed by atoms with Crippen LogP contribution < -0.4 is 15.0 Å². The van der Waals surface area contributed by atoms with Crippen molar-refractivity contribution in [2.75, 3.05) is 4.90 Å². The molecule has 0 saturated carbocycles. The fraction of sp³-hybridized carbons (Fsp3) is 0.100. The van der Waals surface area contributed by atoms with Crippen LogP contribution in [0.4, 0.5) is 10.5 Å². The fourth-order valence-corrected chi connectivity index (χ4v) is 6.64. The highest BCUT2D eigenvalue weighted by Crippen LogP contribution is 2.32. The Hall–Kier alpha value is -3.25. The number of hydrogen-bond donors (Lipinski definition) is 1. The van der Waals surface area contributed by atoms with E-state index < -0.39 is 17.8 Å². The van der Waals surface area contributed by atoms with Gasteiger partial charge in [0, 0.05) is 0 Å². The Morgan fingerprint density at radius 2 is 1.53 bits per heavy atom. The lowest BCUT2D eigenvalue weighted by atomic mass is 10.0. The Morgan fingerprint density at radius 3 is 2.24 bits per heavy atom. The van der Waals surface area contributed by atoms with Crippen LogP contribution in [0.5, 0.6) is 5.75 Å². The predicted molar refractivity (Wildman–Crippen MR) is 165 cm³/mol. The van der Waals surface area contributed by atoms with Gasteiger partial charge in [-0.1, -0.05) is 48.5 Å². The Morgan fingerprint density at radius 1 is 0.868 bits per heavy atom. The number of halogens is 2. The molecule has 0 bridgehead atoms. The number of urea groups is 1. The first kappa shape index (κ1) is 26.4. The number of carbonyl (C=O) groups is 3. The smallest absolute Gasteiger partial charge is 0.335 e. The molecule has 8 heteroatoms. The SMILES string of the molecule is Cc1cc(C)cc(N2C(=O)NC(=O)/C(=C\c3cc(I)c(OCc4cccc5ccccc45)c(I)c3)C2=O)c1. The maximum absolute atomic E-state index is 13.3. The molecule has 1 aliphatic rings. The van der Waals surface area contributed by atoms with E-state index in [1.54, 1.807) is 12.1 Å². The third-order valence-corrected chi connectivity index (χ3v) is 7.75. The number of imide groups is 2. The molecule has 0 unspecified atom stereocenters. The zero-order valence-electron chi connectivity index (χ0n) is 20.5. The van der Waals surface area contributed by atoms with Gasteiger partial charge in [-0.2, -0.15) is 0 Å². The number of fused-ring (bicyclic) bond motifs is 1. The molecule has 0 atom stereocenters. The van der Waals surface area contributed by atoms with E-state index in [1.165, 1.54) is 6.08 Å². The summed E-state index contributed by atoms with van der Waals surface area (Å²) in [5, 5.41) is 4.59. The zero-order chi connectivity index (χ0) is 27.0. The lowest BCUT2D eigenvalue weighted by molar-refractivity contribution is -0.122. The first-order valence-corrected chi connectivity index (χ1v) is 14.0. The van der Waals surface area contributed by atoms with Gasteiger partial charge in [0.1, 0.15) is 17.9 Å². The lowest BCUT2D eigenvalue weighted by Crippen LogP contribution is -2.54. The summed E-state index contributed by atoms with van der Waals surface area (Å²) in [7, 11) is 0. The number of anilines is 1. The first-order chi connectivity index (χ1) is 18.2. The van der Waals surface area contributed by atoms with Crippen LogP contribution in [0.2, 0.25) is 0 Å². The van der Waals surface area contributed by atoms with E-state index in [0.717, 1.165) is 45.3 Å². The van der Waals surface area contributed by atoms with E-state index in [-0.39, 0.29) is 5.57 Å². The van der Waals surface area contributed by atoms with Crippen LogP contribution in [0.3, 0.4) is 0 Å². The minimum Gasteiger partial charge on any atom is -0.487 e. The van der Waals surface area contributed by atoms with Crippen LogP contribution in [-0.4, -0.2) is 17.8 Å². The maximum Gasteiger partial charge on any atom is 0.335 e. The van der Waals surface area contributed by atoms with Crippen molar-refractivity contribution >= 4 is 85.6 Å². The molecule has 4 amide bonds. The molecule has 0 radical (unpaired) electrons. The quantitative estimate of drug-likeness (QED) is 0.138. The van der Waals surface area contributed by atoms with Gasteiger partial charge in [-0.15, -0.1) is 0 Å². The molecule has 1 saturated heterocycles. The molecule has 5 rings (SSSR count). The molecule has 1 heterocycles. The number of benzene rings is 4. The topological polar surface area (TPSA) is 75.7 Å². The Kier molecular flexibility index (Phi) is 7.53. The number of nitrogens with zero attached hydrogens (tertiary/aromatic N) is 1. The second-order valence-corrected chi connectivity index (χ2v) is 11.4. The van der Waals surface area contributed by atoms with E-state index >= 15 is 0 Å². The average Bonchev–Trinajstić information content (AvgIpc) is 2.85. The van der Waals surface area contributed by atoms with E-state index in [0.29, 0.717) is 17.9 Å². The van der Waals surface area contributed by atoms with E-state index in [9.17, 15) is 14.4 Å². The third kappa shape index (κ3) is 5.32. The van der Waals surface area contributed by atoms with Crippen molar-refractivity contribution in [2.45, 2.75) is 20.5 Å². The summed E-state index contributed by atoms with van der Waals surface area (Å²) < 4.78 is 7.91. The summed E-state index contributed by atoms with van der Waals surface area (Å²) in [5.74, 6) is -0.653. The second kappa shape index (κ2) is 10.9. The molecule has 4 aromatic carbocycles. The predicted octanol–water partition coefficient (Wildman–Crippen LogP) is 6.91. The van der Waals surface area contributed by atoms with Crippen LogP contribution in [0.1, 0.15) is 22.3 Å². The summed E-state index contributed by atoms with van der Waals surface area (Å²) in [5.41, 5.74) is 3.87. The lowest BCUT2D eigenvalue weighted by Gasteiger charge is -2.27. The molecule has 1 N–H and O–H groups in total. The number of ether oxygens (including phenoxy) is 1. The minimum absolute atomic E-state index is 0.111. The molecule has 38 heavy (non-hydrogen) atoms.